The number of anilines is 1. The highest BCUT2D eigenvalue weighted by molar-refractivity contribution is 7.89. The minimum Gasteiger partial charge on any atom is -0.482 e. The Morgan fingerprint density at radius 1 is 1.15 bits per heavy atom. The molecule has 1 N–H and O–H groups in total. The van der Waals surface area contributed by atoms with Gasteiger partial charge in [-0.3, -0.25) is 14.5 Å². The van der Waals surface area contributed by atoms with Crippen molar-refractivity contribution in [3.05, 3.63) is 54.1 Å². The molecule has 0 saturated heterocycles. The van der Waals surface area contributed by atoms with E-state index < -0.39 is 15.9 Å². The predicted octanol–water partition coefficient (Wildman–Crippen LogP) is 2.58. The fraction of sp³-hybridized carbons (Fsp3) is 0.417. The van der Waals surface area contributed by atoms with Gasteiger partial charge in [-0.05, 0) is 43.5 Å². The maximum Gasteiger partial charge on any atom is 0.265 e. The fourth-order valence-electron chi connectivity index (χ4n) is 3.79. The van der Waals surface area contributed by atoms with E-state index in [1.165, 1.54) is 33.0 Å². The van der Waals surface area contributed by atoms with Crippen LogP contribution in [-0.2, 0) is 26.0 Å². The molecule has 1 heterocycles. The van der Waals surface area contributed by atoms with E-state index >= 15 is 0 Å². The van der Waals surface area contributed by atoms with Gasteiger partial charge < -0.3 is 10.1 Å². The third-order valence-corrected chi connectivity index (χ3v) is 7.68. The zero-order chi connectivity index (χ0) is 24.0. The van der Waals surface area contributed by atoms with Gasteiger partial charge in [0.25, 0.3) is 5.91 Å². The third kappa shape index (κ3) is 5.91. The molecule has 3 rings (SSSR count). The number of carbonyl (C=O) groups excluding carboxylic acids is 2. The highest BCUT2D eigenvalue weighted by Crippen LogP contribution is 2.34. The van der Waals surface area contributed by atoms with Crippen LogP contribution < -0.4 is 15.0 Å². The van der Waals surface area contributed by atoms with Crippen LogP contribution in [0.2, 0.25) is 0 Å². The molecule has 178 valence electrons. The van der Waals surface area contributed by atoms with Gasteiger partial charge in [-0.1, -0.05) is 44.2 Å². The number of nitrogens with zero attached hydrogens (tertiary/aromatic N) is 2. The number of fused-ring (bicyclic) bond motifs is 1. The van der Waals surface area contributed by atoms with E-state index in [-0.39, 0.29) is 35.7 Å². The highest BCUT2D eigenvalue weighted by atomic mass is 32.2. The van der Waals surface area contributed by atoms with Gasteiger partial charge in [0.1, 0.15) is 12.3 Å². The molecule has 0 aliphatic carbocycles. The first-order chi connectivity index (χ1) is 15.8. The van der Waals surface area contributed by atoms with E-state index in [0.29, 0.717) is 18.8 Å². The Morgan fingerprint density at radius 3 is 2.52 bits per heavy atom. The molecule has 2 aromatic carbocycles. The van der Waals surface area contributed by atoms with Crippen molar-refractivity contribution in [3.8, 4) is 5.75 Å². The van der Waals surface area contributed by atoms with Gasteiger partial charge in [-0.15, -0.1) is 0 Å². The minimum absolute atomic E-state index is 0.0601. The van der Waals surface area contributed by atoms with Crippen LogP contribution in [0.1, 0.15) is 32.8 Å². The van der Waals surface area contributed by atoms with E-state index in [2.05, 4.69) is 5.32 Å². The van der Waals surface area contributed by atoms with Crippen molar-refractivity contribution in [1.82, 2.24) is 9.62 Å². The molecule has 0 saturated carbocycles. The monoisotopic (exact) mass is 473 g/mol. The number of sulfonamides is 1. The Bertz CT molecular complexity index is 1080. The van der Waals surface area contributed by atoms with Crippen molar-refractivity contribution in [2.24, 2.45) is 0 Å². The summed E-state index contributed by atoms with van der Waals surface area (Å²) < 4.78 is 32.7. The molecule has 9 heteroatoms. The first kappa shape index (κ1) is 24.7. The Labute approximate surface area is 195 Å². The molecular formula is C24H31N3O5S. The van der Waals surface area contributed by atoms with Crippen LogP contribution in [0.4, 0.5) is 5.69 Å². The first-order valence-electron chi connectivity index (χ1n) is 11.2. The van der Waals surface area contributed by atoms with Crippen LogP contribution in [0.25, 0.3) is 0 Å². The Hall–Kier alpha value is -2.91. The van der Waals surface area contributed by atoms with Crippen molar-refractivity contribution >= 4 is 27.5 Å². The summed E-state index contributed by atoms with van der Waals surface area (Å²) in [6, 6.07) is 14.3. The average Bonchev–Trinajstić information content (AvgIpc) is 2.80. The molecule has 0 unspecified atom stereocenters. The van der Waals surface area contributed by atoms with Crippen LogP contribution >= 0.6 is 0 Å². The Morgan fingerprint density at radius 2 is 1.85 bits per heavy atom. The summed E-state index contributed by atoms with van der Waals surface area (Å²) in [5.41, 5.74) is 1.48. The summed E-state index contributed by atoms with van der Waals surface area (Å²) in [5, 5.41) is 2.93. The summed E-state index contributed by atoms with van der Waals surface area (Å²) >= 11 is 0. The summed E-state index contributed by atoms with van der Waals surface area (Å²) in [5.74, 6) is -0.334. The van der Waals surface area contributed by atoms with Crippen molar-refractivity contribution in [3.63, 3.8) is 0 Å². The number of benzene rings is 2. The second kappa shape index (κ2) is 10.8. The van der Waals surface area contributed by atoms with E-state index in [1.54, 1.807) is 13.8 Å². The molecule has 2 amide bonds. The molecule has 2 aromatic rings. The molecule has 33 heavy (non-hydrogen) atoms. The molecule has 8 nitrogen and oxygen atoms in total. The maximum atomic E-state index is 12.9. The van der Waals surface area contributed by atoms with Crippen molar-refractivity contribution < 1.29 is 22.7 Å². The largest absolute Gasteiger partial charge is 0.482 e. The van der Waals surface area contributed by atoms with Crippen LogP contribution in [0.5, 0.6) is 5.75 Å². The number of aryl methyl sites for hydroxylation is 1. The van der Waals surface area contributed by atoms with E-state index in [4.69, 9.17) is 4.74 Å². The maximum absolute atomic E-state index is 12.9. The summed E-state index contributed by atoms with van der Waals surface area (Å²) in [6.45, 7) is 5.70. The molecule has 0 bridgehead atoms. The lowest BCUT2D eigenvalue weighted by atomic mass is 10.1. The van der Waals surface area contributed by atoms with E-state index in [0.717, 1.165) is 12.8 Å². The van der Waals surface area contributed by atoms with Gasteiger partial charge in [0.15, 0.2) is 6.61 Å². The van der Waals surface area contributed by atoms with E-state index in [1.807, 2.05) is 37.3 Å². The average molecular weight is 474 g/mol. The molecule has 1 atom stereocenters. The lowest BCUT2D eigenvalue weighted by molar-refractivity contribution is -0.125. The number of hydrogen-bond donors (Lipinski definition) is 1. The SMILES string of the molecule is CCN(CC)S(=O)(=O)c1ccc2c(c1)N(CC(=O)N[C@@H](C)CCc1ccccc1)C(=O)CO2. The van der Waals surface area contributed by atoms with Crippen LogP contribution in [0.15, 0.2) is 53.4 Å². The fourth-order valence-corrected chi connectivity index (χ4v) is 5.27. The number of hydrogen-bond acceptors (Lipinski definition) is 5. The Balaban J connectivity index is 1.72. The molecule has 1 aliphatic heterocycles. The smallest absolute Gasteiger partial charge is 0.265 e. The molecular weight excluding hydrogens is 442 g/mol. The number of nitrogens with one attached hydrogen (secondary N) is 1. The molecule has 1 aliphatic rings. The molecule has 0 spiro atoms. The van der Waals surface area contributed by atoms with Gasteiger partial charge in [-0.25, -0.2) is 8.42 Å². The molecule has 0 aromatic heterocycles. The summed E-state index contributed by atoms with van der Waals surface area (Å²) in [6.07, 6.45) is 1.59. The number of amides is 2. The lowest BCUT2D eigenvalue weighted by Gasteiger charge is -2.30. The topological polar surface area (TPSA) is 96.0 Å². The molecule has 0 fully saturated rings. The lowest BCUT2D eigenvalue weighted by Crippen LogP contribution is -2.47. The van der Waals surface area contributed by atoms with Gasteiger partial charge in [0.2, 0.25) is 15.9 Å². The van der Waals surface area contributed by atoms with Crippen molar-refractivity contribution in [1.29, 1.82) is 0 Å². The highest BCUT2D eigenvalue weighted by Gasteiger charge is 2.30. The molecule has 0 radical (unpaired) electrons. The van der Waals surface area contributed by atoms with Crippen molar-refractivity contribution in [2.45, 2.75) is 44.6 Å². The number of ether oxygens (including phenoxy) is 1. The minimum atomic E-state index is -3.72. The summed E-state index contributed by atoms with van der Waals surface area (Å²) in [4.78, 5) is 26.6. The predicted molar refractivity (Wildman–Crippen MR) is 127 cm³/mol. The second-order valence-corrected chi connectivity index (χ2v) is 9.92. The van der Waals surface area contributed by atoms with Gasteiger partial charge in [0, 0.05) is 19.1 Å². The van der Waals surface area contributed by atoms with Crippen LogP contribution in [0, 0.1) is 0 Å². The number of rotatable bonds is 10. The van der Waals surface area contributed by atoms with Crippen LogP contribution in [-0.4, -0.2) is 56.8 Å². The second-order valence-electron chi connectivity index (χ2n) is 7.98. The van der Waals surface area contributed by atoms with E-state index in [9.17, 15) is 18.0 Å². The normalized spacial score (nSPS) is 14.5. The van der Waals surface area contributed by atoms with Gasteiger partial charge >= 0.3 is 0 Å². The van der Waals surface area contributed by atoms with Crippen molar-refractivity contribution in [2.75, 3.05) is 31.1 Å². The van der Waals surface area contributed by atoms with Crippen LogP contribution in [0.3, 0.4) is 0 Å². The quantitative estimate of drug-likeness (QED) is 0.572. The summed E-state index contributed by atoms with van der Waals surface area (Å²) in [7, 11) is -3.72. The first-order valence-corrected chi connectivity index (χ1v) is 12.6. The third-order valence-electron chi connectivity index (χ3n) is 5.63. The van der Waals surface area contributed by atoms with Gasteiger partial charge in [0.05, 0.1) is 10.6 Å². The zero-order valence-corrected chi connectivity index (χ0v) is 20.1. The zero-order valence-electron chi connectivity index (χ0n) is 19.3. The number of carbonyl (C=O) groups is 2. The Kier molecular flexibility index (Phi) is 8.10. The standard InChI is InChI=1S/C24H31N3O5S/c1-4-26(5-2)33(30,31)20-13-14-22-21(15-20)27(24(29)17-32-22)16-23(28)25-18(3)11-12-19-9-7-6-8-10-19/h6-10,13-15,18H,4-5,11-12,16-17H2,1-3H3,(H,25,28)/t18-/m0/s1. The van der Waals surface area contributed by atoms with Gasteiger partial charge in [-0.2, -0.15) is 4.31 Å².